The summed E-state index contributed by atoms with van der Waals surface area (Å²) >= 11 is 9.60. The van der Waals surface area contributed by atoms with Gasteiger partial charge in [0.1, 0.15) is 23.1 Å². The van der Waals surface area contributed by atoms with Crippen LogP contribution in [0.1, 0.15) is 23.6 Å². The highest BCUT2D eigenvalue weighted by Gasteiger charge is 2.14. The SMILES string of the molecule is CCOC(=O)/C(C#N)=C/c1cccc(OC(=O)COc2cc(C)c(Cl)c(C)c2Br)c1. The fourth-order valence-corrected chi connectivity index (χ4v) is 3.17. The molecule has 0 saturated carbocycles. The van der Waals surface area contributed by atoms with Crippen LogP contribution in [-0.2, 0) is 14.3 Å². The molecule has 0 bridgehead atoms. The van der Waals surface area contributed by atoms with Crippen LogP contribution in [0.4, 0.5) is 0 Å². The molecular weight excluding hydrogens is 474 g/mol. The zero-order chi connectivity index (χ0) is 22.3. The van der Waals surface area contributed by atoms with Crippen molar-refractivity contribution in [2.24, 2.45) is 0 Å². The summed E-state index contributed by atoms with van der Waals surface area (Å²) in [6.45, 7) is 5.19. The Labute approximate surface area is 188 Å². The van der Waals surface area contributed by atoms with E-state index >= 15 is 0 Å². The zero-order valence-corrected chi connectivity index (χ0v) is 19.0. The molecule has 2 aromatic carbocycles. The Balaban J connectivity index is 2.07. The first-order chi connectivity index (χ1) is 14.3. The van der Waals surface area contributed by atoms with E-state index in [-0.39, 0.29) is 24.5 Å². The monoisotopic (exact) mass is 491 g/mol. The Morgan fingerprint density at radius 2 is 2.00 bits per heavy atom. The molecule has 0 unspecified atom stereocenters. The van der Waals surface area contributed by atoms with Gasteiger partial charge < -0.3 is 14.2 Å². The van der Waals surface area contributed by atoms with Crippen LogP contribution in [0.5, 0.6) is 11.5 Å². The molecule has 2 aromatic rings. The van der Waals surface area contributed by atoms with Gasteiger partial charge in [0, 0.05) is 5.02 Å². The molecule has 0 aromatic heterocycles. The van der Waals surface area contributed by atoms with Crippen molar-refractivity contribution in [3.05, 3.63) is 62.1 Å². The molecule has 156 valence electrons. The lowest BCUT2D eigenvalue weighted by Crippen LogP contribution is -2.18. The third-order valence-corrected chi connectivity index (χ3v) is 5.50. The zero-order valence-electron chi connectivity index (χ0n) is 16.6. The highest BCUT2D eigenvalue weighted by Crippen LogP contribution is 2.35. The van der Waals surface area contributed by atoms with Gasteiger partial charge in [0.15, 0.2) is 6.61 Å². The van der Waals surface area contributed by atoms with Crippen LogP contribution in [0.25, 0.3) is 6.08 Å². The lowest BCUT2D eigenvalue weighted by molar-refractivity contribution is -0.138. The van der Waals surface area contributed by atoms with Gasteiger partial charge in [-0.2, -0.15) is 5.26 Å². The smallest absolute Gasteiger partial charge is 0.349 e. The third-order valence-electron chi connectivity index (χ3n) is 3.93. The quantitative estimate of drug-likeness (QED) is 0.229. The third kappa shape index (κ3) is 6.09. The summed E-state index contributed by atoms with van der Waals surface area (Å²) in [6.07, 6.45) is 1.36. The number of ether oxygens (including phenoxy) is 3. The van der Waals surface area contributed by atoms with Crippen LogP contribution < -0.4 is 9.47 Å². The molecule has 6 nitrogen and oxygen atoms in total. The molecule has 8 heteroatoms. The molecule has 0 radical (unpaired) electrons. The molecule has 0 aliphatic rings. The van der Waals surface area contributed by atoms with E-state index in [1.807, 2.05) is 13.8 Å². The van der Waals surface area contributed by atoms with Gasteiger partial charge in [-0.3, -0.25) is 0 Å². The number of carbonyl (C=O) groups excluding carboxylic acids is 2. The largest absolute Gasteiger partial charge is 0.481 e. The molecule has 0 N–H and O–H groups in total. The minimum absolute atomic E-state index is 0.151. The average molecular weight is 493 g/mol. The van der Waals surface area contributed by atoms with Crippen molar-refractivity contribution >= 4 is 45.5 Å². The van der Waals surface area contributed by atoms with Crippen LogP contribution in [0.2, 0.25) is 5.02 Å². The summed E-state index contributed by atoms with van der Waals surface area (Å²) in [5.74, 6) is -0.591. The molecule has 0 spiro atoms. The van der Waals surface area contributed by atoms with Crippen molar-refractivity contribution in [3.63, 3.8) is 0 Å². The number of nitriles is 1. The topological polar surface area (TPSA) is 85.6 Å². The Kier molecular flexibility index (Phi) is 8.46. The Hall–Kier alpha value is -2.82. The van der Waals surface area contributed by atoms with Crippen molar-refractivity contribution in [2.45, 2.75) is 20.8 Å². The van der Waals surface area contributed by atoms with E-state index in [2.05, 4.69) is 15.9 Å². The number of carbonyl (C=O) groups is 2. The minimum atomic E-state index is -0.713. The number of rotatable bonds is 7. The summed E-state index contributed by atoms with van der Waals surface area (Å²) < 4.78 is 16.3. The number of nitrogens with zero attached hydrogens (tertiary/aromatic N) is 1. The number of halogens is 2. The second kappa shape index (κ2) is 10.8. The van der Waals surface area contributed by atoms with E-state index in [4.69, 9.17) is 31.1 Å². The summed E-state index contributed by atoms with van der Waals surface area (Å²) in [4.78, 5) is 23.9. The Bertz CT molecular complexity index is 1040. The van der Waals surface area contributed by atoms with E-state index < -0.39 is 11.9 Å². The molecule has 0 aliphatic heterocycles. The summed E-state index contributed by atoms with van der Waals surface area (Å²) in [5, 5.41) is 9.75. The number of aryl methyl sites for hydroxylation is 1. The first-order valence-corrected chi connectivity index (χ1v) is 10.1. The van der Waals surface area contributed by atoms with Gasteiger partial charge >= 0.3 is 11.9 Å². The van der Waals surface area contributed by atoms with E-state index in [0.717, 1.165) is 11.1 Å². The van der Waals surface area contributed by atoms with E-state index in [0.29, 0.717) is 20.8 Å². The molecule has 0 amide bonds. The molecular formula is C22H19BrClNO5. The second-order valence-electron chi connectivity index (χ2n) is 6.17. The fraction of sp³-hybridized carbons (Fsp3) is 0.227. The maximum atomic E-state index is 12.2. The lowest BCUT2D eigenvalue weighted by atomic mass is 10.1. The summed E-state index contributed by atoms with van der Waals surface area (Å²) in [5.41, 5.74) is 2.00. The van der Waals surface area contributed by atoms with Crippen LogP contribution in [0, 0.1) is 25.2 Å². The van der Waals surface area contributed by atoms with Gasteiger partial charge in [-0.05, 0) is 77.7 Å². The maximum Gasteiger partial charge on any atom is 0.349 e. The summed E-state index contributed by atoms with van der Waals surface area (Å²) in [7, 11) is 0. The first kappa shape index (κ1) is 23.5. The van der Waals surface area contributed by atoms with Gasteiger partial charge in [-0.25, -0.2) is 9.59 Å². The van der Waals surface area contributed by atoms with E-state index in [1.165, 1.54) is 12.1 Å². The molecule has 0 aliphatic carbocycles. The van der Waals surface area contributed by atoms with Crippen molar-refractivity contribution in [2.75, 3.05) is 13.2 Å². The Morgan fingerprint density at radius 3 is 2.67 bits per heavy atom. The second-order valence-corrected chi connectivity index (χ2v) is 7.34. The van der Waals surface area contributed by atoms with Gasteiger partial charge in [-0.1, -0.05) is 23.7 Å². The van der Waals surface area contributed by atoms with Crippen molar-refractivity contribution < 1.29 is 23.8 Å². The van der Waals surface area contributed by atoms with Crippen LogP contribution in [-0.4, -0.2) is 25.2 Å². The van der Waals surface area contributed by atoms with Gasteiger partial charge in [0.05, 0.1) is 11.1 Å². The maximum absolute atomic E-state index is 12.2. The fourth-order valence-electron chi connectivity index (χ4n) is 2.48. The molecule has 0 heterocycles. The van der Waals surface area contributed by atoms with Crippen LogP contribution >= 0.6 is 27.5 Å². The molecule has 2 rings (SSSR count). The van der Waals surface area contributed by atoms with Crippen molar-refractivity contribution in [1.29, 1.82) is 5.26 Å². The number of hydrogen-bond donors (Lipinski definition) is 0. The molecule has 30 heavy (non-hydrogen) atoms. The van der Waals surface area contributed by atoms with E-state index in [1.54, 1.807) is 37.3 Å². The van der Waals surface area contributed by atoms with E-state index in [9.17, 15) is 9.59 Å². The number of esters is 2. The standard InChI is InChI=1S/C22H19BrClNO5/c1-4-28-22(27)16(11-25)9-15-6-5-7-17(10-15)30-19(26)12-29-18-8-13(2)21(24)14(3)20(18)23/h5-10H,4,12H2,1-3H3/b16-9+. The predicted octanol–water partition coefficient (Wildman–Crippen LogP) is 5.17. The molecule has 0 fully saturated rings. The number of hydrogen-bond acceptors (Lipinski definition) is 6. The van der Waals surface area contributed by atoms with Crippen molar-refractivity contribution in [1.82, 2.24) is 0 Å². The highest BCUT2D eigenvalue weighted by atomic mass is 79.9. The van der Waals surface area contributed by atoms with Gasteiger partial charge in [0.2, 0.25) is 0 Å². The predicted molar refractivity (Wildman–Crippen MR) is 116 cm³/mol. The average Bonchev–Trinajstić information content (AvgIpc) is 2.72. The Morgan fingerprint density at radius 1 is 1.27 bits per heavy atom. The normalized spacial score (nSPS) is 10.9. The molecule has 0 atom stereocenters. The van der Waals surface area contributed by atoms with Gasteiger partial charge in [-0.15, -0.1) is 0 Å². The highest BCUT2D eigenvalue weighted by molar-refractivity contribution is 9.10. The summed E-state index contributed by atoms with van der Waals surface area (Å²) in [6, 6.07) is 9.94. The van der Waals surface area contributed by atoms with Gasteiger partial charge in [0.25, 0.3) is 0 Å². The molecule has 0 saturated heterocycles. The minimum Gasteiger partial charge on any atom is -0.481 e. The number of benzene rings is 2. The first-order valence-electron chi connectivity index (χ1n) is 8.94. The van der Waals surface area contributed by atoms with Crippen LogP contribution in [0.3, 0.4) is 0 Å². The van der Waals surface area contributed by atoms with Crippen LogP contribution in [0.15, 0.2) is 40.4 Å². The van der Waals surface area contributed by atoms with Crippen molar-refractivity contribution in [3.8, 4) is 17.6 Å². The lowest BCUT2D eigenvalue weighted by Gasteiger charge is -2.13.